The summed E-state index contributed by atoms with van der Waals surface area (Å²) in [7, 11) is 0. The molecule has 3 rings (SSSR count). The molecule has 0 unspecified atom stereocenters. The van der Waals surface area contributed by atoms with E-state index in [0.717, 1.165) is 44.5 Å². The molecule has 3 aromatic rings. The molecule has 0 N–H and O–H groups in total. The minimum atomic E-state index is -0.216. The van der Waals surface area contributed by atoms with Crippen molar-refractivity contribution < 1.29 is 14.3 Å². The lowest BCUT2D eigenvalue weighted by molar-refractivity contribution is 0.0319. The zero-order valence-corrected chi connectivity index (χ0v) is 27.5. The van der Waals surface area contributed by atoms with Crippen LogP contribution in [0.1, 0.15) is 145 Å². The summed E-state index contributed by atoms with van der Waals surface area (Å²) < 4.78 is 11.7. The number of rotatable bonds is 23. The van der Waals surface area contributed by atoms with E-state index in [-0.39, 0.29) is 12.1 Å². The largest absolute Gasteiger partial charge is 0.494 e. The van der Waals surface area contributed by atoms with Gasteiger partial charge in [0.2, 0.25) is 0 Å². The second kappa shape index (κ2) is 21.0. The van der Waals surface area contributed by atoms with E-state index in [0.29, 0.717) is 5.56 Å². The summed E-state index contributed by atoms with van der Waals surface area (Å²) in [6.07, 6.45) is 22.5. The molecule has 0 aliphatic heterocycles. The highest BCUT2D eigenvalue weighted by atomic mass is 16.5. The smallest absolute Gasteiger partial charge is 0.338 e. The molecule has 0 radical (unpaired) electrons. The molecule has 0 aliphatic rings. The molecule has 1 atom stereocenters. The van der Waals surface area contributed by atoms with Gasteiger partial charge in [0.1, 0.15) is 5.75 Å². The van der Waals surface area contributed by atoms with Gasteiger partial charge in [0.25, 0.3) is 0 Å². The zero-order valence-electron chi connectivity index (χ0n) is 27.5. The molecule has 0 fully saturated rings. The van der Waals surface area contributed by atoms with Crippen molar-refractivity contribution in [2.45, 2.75) is 142 Å². The van der Waals surface area contributed by atoms with Crippen molar-refractivity contribution in [3.8, 4) is 5.75 Å². The molecule has 3 heteroatoms. The highest BCUT2D eigenvalue weighted by molar-refractivity contribution is 5.89. The first-order chi connectivity index (χ1) is 21.1. The van der Waals surface area contributed by atoms with E-state index in [9.17, 15) is 4.79 Å². The number of esters is 1. The van der Waals surface area contributed by atoms with Gasteiger partial charge in [-0.05, 0) is 85.2 Å². The van der Waals surface area contributed by atoms with Crippen molar-refractivity contribution in [1.82, 2.24) is 0 Å². The number of carbonyl (C=O) groups is 1. The first-order valence-electron chi connectivity index (χ1n) is 17.5. The molecular formula is C40H58O3. The molecule has 0 heterocycles. The van der Waals surface area contributed by atoms with Crippen LogP contribution < -0.4 is 4.74 Å². The van der Waals surface area contributed by atoms with Crippen LogP contribution in [0.25, 0.3) is 10.8 Å². The van der Waals surface area contributed by atoms with Gasteiger partial charge < -0.3 is 9.47 Å². The maximum absolute atomic E-state index is 12.5. The van der Waals surface area contributed by atoms with Gasteiger partial charge in [-0.15, -0.1) is 0 Å². The Hall–Kier alpha value is -2.81. The summed E-state index contributed by atoms with van der Waals surface area (Å²) in [4.78, 5) is 12.5. The predicted molar refractivity (Wildman–Crippen MR) is 183 cm³/mol. The van der Waals surface area contributed by atoms with Crippen LogP contribution in [-0.4, -0.2) is 18.7 Å². The van der Waals surface area contributed by atoms with Crippen molar-refractivity contribution in [2.75, 3.05) is 6.61 Å². The number of hydrogen-bond acceptors (Lipinski definition) is 3. The van der Waals surface area contributed by atoms with E-state index in [1.54, 1.807) is 0 Å². The van der Waals surface area contributed by atoms with E-state index >= 15 is 0 Å². The Bertz CT molecular complexity index is 1170. The highest BCUT2D eigenvalue weighted by Crippen LogP contribution is 2.23. The fourth-order valence-corrected chi connectivity index (χ4v) is 5.74. The monoisotopic (exact) mass is 586 g/mol. The number of unbranched alkanes of at least 4 members (excludes halogenated alkanes) is 13. The Kier molecular flexibility index (Phi) is 16.9. The van der Waals surface area contributed by atoms with Gasteiger partial charge in [-0.3, -0.25) is 0 Å². The van der Waals surface area contributed by atoms with Crippen molar-refractivity contribution in [3.05, 3.63) is 77.4 Å². The summed E-state index contributed by atoms with van der Waals surface area (Å²) in [6, 6.07) is 21.1. The Morgan fingerprint density at radius 2 is 1.14 bits per heavy atom. The summed E-state index contributed by atoms with van der Waals surface area (Å²) >= 11 is 0. The summed E-state index contributed by atoms with van der Waals surface area (Å²) in [5.41, 5.74) is 3.19. The number of benzene rings is 3. The van der Waals surface area contributed by atoms with Crippen LogP contribution in [0.15, 0.2) is 60.7 Å². The average molecular weight is 587 g/mol. The summed E-state index contributed by atoms with van der Waals surface area (Å²) in [6.45, 7) is 7.29. The Morgan fingerprint density at radius 3 is 1.81 bits per heavy atom. The van der Waals surface area contributed by atoms with Crippen molar-refractivity contribution in [3.63, 3.8) is 0 Å². The van der Waals surface area contributed by atoms with Gasteiger partial charge in [-0.1, -0.05) is 134 Å². The van der Waals surface area contributed by atoms with Crippen LogP contribution >= 0.6 is 0 Å². The second-order valence-electron chi connectivity index (χ2n) is 12.5. The van der Waals surface area contributed by atoms with E-state index in [4.69, 9.17) is 9.47 Å². The first-order valence-corrected chi connectivity index (χ1v) is 17.5. The lowest BCUT2D eigenvalue weighted by Gasteiger charge is -2.13. The molecule has 0 bridgehead atoms. The third-order valence-electron chi connectivity index (χ3n) is 8.56. The quantitative estimate of drug-likeness (QED) is 0.0819. The number of aryl methyl sites for hydroxylation is 2. The fourth-order valence-electron chi connectivity index (χ4n) is 5.74. The number of hydrogen-bond donors (Lipinski definition) is 0. The van der Waals surface area contributed by atoms with E-state index < -0.39 is 0 Å². The van der Waals surface area contributed by atoms with Crippen LogP contribution in [0.2, 0.25) is 0 Å². The van der Waals surface area contributed by atoms with Crippen LogP contribution in [0.5, 0.6) is 5.75 Å². The zero-order chi connectivity index (χ0) is 30.5. The predicted octanol–water partition coefficient (Wildman–Crippen LogP) is 11.8. The molecule has 43 heavy (non-hydrogen) atoms. The molecule has 3 nitrogen and oxygen atoms in total. The molecule has 0 saturated carbocycles. The summed E-state index contributed by atoms with van der Waals surface area (Å²) in [5, 5.41) is 2.48. The topological polar surface area (TPSA) is 35.5 Å². The molecule has 0 aliphatic carbocycles. The maximum Gasteiger partial charge on any atom is 0.338 e. The number of fused-ring (bicyclic) bond motifs is 1. The molecule has 0 spiro atoms. The lowest BCUT2D eigenvalue weighted by Crippen LogP contribution is -2.15. The molecule has 236 valence electrons. The Balaban J connectivity index is 1.33. The van der Waals surface area contributed by atoms with Crippen LogP contribution in [0.3, 0.4) is 0 Å². The number of ether oxygens (including phenoxy) is 2. The first kappa shape index (κ1) is 34.7. The molecular weight excluding hydrogens is 528 g/mol. The van der Waals surface area contributed by atoms with Crippen molar-refractivity contribution in [2.24, 2.45) is 0 Å². The van der Waals surface area contributed by atoms with Gasteiger partial charge in [0.15, 0.2) is 0 Å². The van der Waals surface area contributed by atoms with Gasteiger partial charge >= 0.3 is 5.97 Å². The Labute approximate surface area is 262 Å². The standard InChI is InChI=1S/C40H58O3/c1-4-6-8-10-11-12-13-14-15-16-18-30-42-39-29-28-37-31-35(24-27-38(37)32-39)21-20-34-22-25-36(26-23-34)40(41)43-33(3)19-17-9-7-5-2/h22-29,31-33H,4-21,30H2,1-3H3/t33-/m1/s1. The van der Waals surface area contributed by atoms with E-state index in [1.807, 2.05) is 19.1 Å². The third-order valence-corrected chi connectivity index (χ3v) is 8.56. The SMILES string of the molecule is CCCCCCCCCCCCCOc1ccc2cc(CCc3ccc(C(=O)O[C@H](C)CCCCCC)cc3)ccc2c1. The van der Waals surface area contributed by atoms with Crippen molar-refractivity contribution >= 4 is 16.7 Å². The van der Waals surface area contributed by atoms with Crippen LogP contribution in [-0.2, 0) is 17.6 Å². The van der Waals surface area contributed by atoms with Crippen LogP contribution in [0, 0.1) is 0 Å². The van der Waals surface area contributed by atoms with Crippen molar-refractivity contribution in [1.29, 1.82) is 0 Å². The highest BCUT2D eigenvalue weighted by Gasteiger charge is 2.12. The molecule has 0 aromatic heterocycles. The average Bonchev–Trinajstić information content (AvgIpc) is 3.02. The van der Waals surface area contributed by atoms with Crippen LogP contribution in [0.4, 0.5) is 0 Å². The second-order valence-corrected chi connectivity index (χ2v) is 12.5. The van der Waals surface area contributed by atoms with Gasteiger partial charge in [-0.2, -0.15) is 0 Å². The molecule has 0 saturated heterocycles. The number of carbonyl (C=O) groups excluding carboxylic acids is 1. The van der Waals surface area contributed by atoms with Gasteiger partial charge in [0.05, 0.1) is 18.3 Å². The van der Waals surface area contributed by atoms with Gasteiger partial charge in [-0.25, -0.2) is 4.79 Å². The Morgan fingerprint density at radius 1 is 0.605 bits per heavy atom. The maximum atomic E-state index is 12.5. The van der Waals surface area contributed by atoms with Gasteiger partial charge in [0, 0.05) is 0 Å². The normalized spacial score (nSPS) is 12.0. The van der Waals surface area contributed by atoms with E-state index in [2.05, 4.69) is 62.4 Å². The summed E-state index contributed by atoms with van der Waals surface area (Å²) in [5.74, 6) is 0.753. The molecule has 3 aromatic carbocycles. The minimum Gasteiger partial charge on any atom is -0.494 e. The van der Waals surface area contributed by atoms with E-state index in [1.165, 1.54) is 105 Å². The molecule has 0 amide bonds. The minimum absolute atomic E-state index is 0.0334. The third kappa shape index (κ3) is 14.0. The fraction of sp³-hybridized carbons (Fsp3) is 0.575. The lowest BCUT2D eigenvalue weighted by atomic mass is 10.0.